The van der Waals surface area contributed by atoms with E-state index in [2.05, 4.69) is 0 Å². The molecule has 1 saturated carbocycles. The van der Waals surface area contributed by atoms with E-state index in [4.69, 9.17) is 4.74 Å². The van der Waals surface area contributed by atoms with E-state index in [-0.39, 0.29) is 17.1 Å². The molecule has 0 saturated heterocycles. The number of carbonyl (C=O) groups excluding carboxylic acids is 1. The van der Waals surface area contributed by atoms with Gasteiger partial charge in [-0.1, -0.05) is 6.07 Å². The molecule has 1 aromatic rings. The predicted molar refractivity (Wildman–Crippen MR) is 67.4 cm³/mol. The zero-order valence-corrected chi connectivity index (χ0v) is 11.1. The molecule has 0 spiro atoms. The van der Waals surface area contributed by atoms with Crippen molar-refractivity contribution >= 4 is 15.6 Å². The molecule has 18 heavy (non-hydrogen) atoms. The van der Waals surface area contributed by atoms with Gasteiger partial charge in [-0.2, -0.15) is 0 Å². The van der Waals surface area contributed by atoms with Crippen molar-refractivity contribution in [1.82, 2.24) is 0 Å². The van der Waals surface area contributed by atoms with E-state index >= 15 is 0 Å². The first-order chi connectivity index (χ1) is 8.54. The number of hydrogen-bond donors (Lipinski definition) is 0. The Morgan fingerprint density at radius 3 is 2.78 bits per heavy atom. The average Bonchev–Trinajstić information content (AvgIpc) is 2.39. The van der Waals surface area contributed by atoms with Gasteiger partial charge in [-0.05, 0) is 31.0 Å². The monoisotopic (exact) mass is 268 g/mol. The van der Waals surface area contributed by atoms with E-state index in [1.807, 2.05) is 0 Å². The molecule has 1 aliphatic rings. The van der Waals surface area contributed by atoms with Crippen LogP contribution in [0.5, 0.6) is 5.75 Å². The van der Waals surface area contributed by atoms with Crippen LogP contribution in [0.2, 0.25) is 0 Å². The van der Waals surface area contributed by atoms with Crippen molar-refractivity contribution in [1.29, 1.82) is 0 Å². The highest BCUT2D eigenvalue weighted by Gasteiger charge is 2.32. The maximum absolute atomic E-state index is 12.4. The molecule has 0 aromatic heterocycles. The number of carbonyl (C=O) groups is 1. The summed E-state index contributed by atoms with van der Waals surface area (Å²) in [5.41, 5.74) is 0. The number of ether oxygens (including phenoxy) is 1. The van der Waals surface area contributed by atoms with E-state index in [1.54, 1.807) is 18.2 Å². The molecule has 0 N–H and O–H groups in total. The van der Waals surface area contributed by atoms with Gasteiger partial charge in [0.15, 0.2) is 9.84 Å². The summed E-state index contributed by atoms with van der Waals surface area (Å²) in [5.74, 6) is 0.552. The Morgan fingerprint density at radius 2 is 2.11 bits per heavy atom. The number of methoxy groups -OCH3 is 1. The van der Waals surface area contributed by atoms with Crippen LogP contribution in [0, 0.1) is 0 Å². The molecule has 4 nitrogen and oxygen atoms in total. The molecule has 5 heteroatoms. The van der Waals surface area contributed by atoms with Gasteiger partial charge in [0.25, 0.3) is 0 Å². The minimum atomic E-state index is -3.43. The molecule has 0 bridgehead atoms. The fourth-order valence-corrected chi connectivity index (χ4v) is 4.04. The number of Topliss-reactive ketones (excluding diaryl/α,β-unsaturated/α-hetero) is 1. The number of ketones is 1. The Kier molecular flexibility index (Phi) is 3.71. The number of hydrogen-bond acceptors (Lipinski definition) is 4. The lowest BCUT2D eigenvalue weighted by Gasteiger charge is -2.21. The summed E-state index contributed by atoms with van der Waals surface area (Å²) in [6.45, 7) is 0. The molecule has 0 radical (unpaired) electrons. The van der Waals surface area contributed by atoms with E-state index in [0.717, 1.165) is 0 Å². The second kappa shape index (κ2) is 5.10. The van der Waals surface area contributed by atoms with Crippen LogP contribution < -0.4 is 4.74 Å². The topological polar surface area (TPSA) is 60.4 Å². The van der Waals surface area contributed by atoms with Gasteiger partial charge in [0.2, 0.25) is 0 Å². The lowest BCUT2D eigenvalue weighted by atomic mass is 9.99. The fraction of sp³-hybridized carbons (Fsp3) is 0.462. The third-order valence-electron chi connectivity index (χ3n) is 3.25. The number of sulfone groups is 1. The van der Waals surface area contributed by atoms with Crippen molar-refractivity contribution in [3.05, 3.63) is 24.3 Å². The summed E-state index contributed by atoms with van der Waals surface area (Å²) in [5, 5.41) is -0.578. The van der Waals surface area contributed by atoms with Gasteiger partial charge in [0.1, 0.15) is 11.5 Å². The lowest BCUT2D eigenvalue weighted by Crippen LogP contribution is -2.28. The van der Waals surface area contributed by atoms with Crippen LogP contribution >= 0.6 is 0 Å². The number of rotatable bonds is 3. The maximum Gasteiger partial charge on any atom is 0.181 e. The summed E-state index contributed by atoms with van der Waals surface area (Å²) >= 11 is 0. The van der Waals surface area contributed by atoms with Crippen molar-refractivity contribution in [2.45, 2.75) is 35.8 Å². The molecule has 1 aromatic carbocycles. The molecule has 98 valence electrons. The standard InChI is InChI=1S/C13H16O4S/c1-17-11-5-3-7-13(9-11)18(15,16)12-6-2-4-10(14)8-12/h3,5,7,9,12H,2,4,6,8H2,1H3. The first-order valence-corrected chi connectivity index (χ1v) is 7.48. The normalized spacial score (nSPS) is 20.7. The Hall–Kier alpha value is -1.36. The SMILES string of the molecule is COc1cccc(S(=O)(=O)C2CCCC(=O)C2)c1. The van der Waals surface area contributed by atoms with Gasteiger partial charge in [-0.15, -0.1) is 0 Å². The predicted octanol–water partition coefficient (Wildman–Crippen LogP) is 1.98. The van der Waals surface area contributed by atoms with Crippen LogP contribution in [-0.4, -0.2) is 26.6 Å². The molecule has 1 unspecified atom stereocenters. The molecule has 2 rings (SSSR count). The highest BCUT2D eigenvalue weighted by atomic mass is 32.2. The lowest BCUT2D eigenvalue weighted by molar-refractivity contribution is -0.120. The Balaban J connectivity index is 2.32. The van der Waals surface area contributed by atoms with Crippen LogP contribution in [-0.2, 0) is 14.6 Å². The highest BCUT2D eigenvalue weighted by Crippen LogP contribution is 2.28. The fourth-order valence-electron chi connectivity index (χ4n) is 2.22. The molecular weight excluding hydrogens is 252 g/mol. The average molecular weight is 268 g/mol. The summed E-state index contributed by atoms with van der Waals surface area (Å²) < 4.78 is 29.8. The zero-order valence-electron chi connectivity index (χ0n) is 10.3. The third kappa shape index (κ3) is 2.56. The van der Waals surface area contributed by atoms with Crippen LogP contribution in [0.15, 0.2) is 29.2 Å². The molecule has 0 amide bonds. The number of benzene rings is 1. The van der Waals surface area contributed by atoms with Crippen LogP contribution in [0.3, 0.4) is 0 Å². The molecule has 1 atom stereocenters. The summed E-state index contributed by atoms with van der Waals surface area (Å²) in [7, 11) is -1.93. The van der Waals surface area contributed by atoms with Crippen molar-refractivity contribution in [3.63, 3.8) is 0 Å². The zero-order chi connectivity index (χ0) is 13.2. The molecule has 0 aliphatic heterocycles. The van der Waals surface area contributed by atoms with Gasteiger partial charge in [0, 0.05) is 12.8 Å². The second-order valence-electron chi connectivity index (χ2n) is 4.48. The largest absolute Gasteiger partial charge is 0.497 e. The molecule has 1 fully saturated rings. The van der Waals surface area contributed by atoms with Crippen molar-refractivity contribution in [2.24, 2.45) is 0 Å². The van der Waals surface area contributed by atoms with E-state index in [0.29, 0.717) is 25.0 Å². The minimum Gasteiger partial charge on any atom is -0.497 e. The van der Waals surface area contributed by atoms with Gasteiger partial charge >= 0.3 is 0 Å². The van der Waals surface area contributed by atoms with Crippen LogP contribution in [0.1, 0.15) is 25.7 Å². The maximum atomic E-state index is 12.4. The minimum absolute atomic E-state index is 0.0396. The van der Waals surface area contributed by atoms with E-state index in [9.17, 15) is 13.2 Å². The van der Waals surface area contributed by atoms with Crippen LogP contribution in [0.4, 0.5) is 0 Å². The Labute approximate surface area is 107 Å². The van der Waals surface area contributed by atoms with E-state index < -0.39 is 15.1 Å². The van der Waals surface area contributed by atoms with E-state index in [1.165, 1.54) is 13.2 Å². The van der Waals surface area contributed by atoms with Gasteiger partial charge < -0.3 is 4.74 Å². The van der Waals surface area contributed by atoms with Gasteiger partial charge in [-0.3, -0.25) is 4.79 Å². The first-order valence-electron chi connectivity index (χ1n) is 5.93. The third-order valence-corrected chi connectivity index (χ3v) is 5.44. The molecule has 0 heterocycles. The summed E-state index contributed by atoms with van der Waals surface area (Å²) in [4.78, 5) is 11.6. The highest BCUT2D eigenvalue weighted by molar-refractivity contribution is 7.92. The van der Waals surface area contributed by atoms with Crippen molar-refractivity contribution in [3.8, 4) is 5.75 Å². The van der Waals surface area contributed by atoms with Crippen LogP contribution in [0.25, 0.3) is 0 Å². The van der Waals surface area contributed by atoms with Gasteiger partial charge in [0.05, 0.1) is 17.3 Å². The summed E-state index contributed by atoms with van der Waals surface area (Å²) in [6.07, 6.45) is 1.86. The molecular formula is C13H16O4S. The van der Waals surface area contributed by atoms with Crippen molar-refractivity contribution < 1.29 is 17.9 Å². The smallest absolute Gasteiger partial charge is 0.181 e. The summed E-state index contributed by atoms with van der Waals surface area (Å²) in [6, 6.07) is 6.41. The Bertz CT molecular complexity index is 548. The quantitative estimate of drug-likeness (QED) is 0.841. The first kappa shape index (κ1) is 13.1. The van der Waals surface area contributed by atoms with Gasteiger partial charge in [-0.25, -0.2) is 8.42 Å². The second-order valence-corrected chi connectivity index (χ2v) is 6.71. The molecule has 1 aliphatic carbocycles. The van der Waals surface area contributed by atoms with Crippen molar-refractivity contribution in [2.75, 3.05) is 7.11 Å². The Morgan fingerprint density at radius 1 is 1.33 bits per heavy atom.